The van der Waals surface area contributed by atoms with Gasteiger partial charge in [-0.15, -0.1) is 11.3 Å². The zero-order chi connectivity index (χ0) is 12.1. The van der Waals surface area contributed by atoms with Gasteiger partial charge in [0.15, 0.2) is 0 Å². The Morgan fingerprint density at radius 2 is 2.53 bits per heavy atom. The Labute approximate surface area is 107 Å². The number of amides is 1. The lowest BCUT2D eigenvalue weighted by atomic mass is 10.2. The second kappa shape index (κ2) is 6.17. The monoisotopic (exact) mass is 252 g/mol. The minimum absolute atomic E-state index is 0.0679. The third-order valence-corrected chi connectivity index (χ3v) is 4.20. The van der Waals surface area contributed by atoms with E-state index in [2.05, 4.69) is 29.8 Å². The highest BCUT2D eigenvalue weighted by Crippen LogP contribution is 2.12. The lowest BCUT2D eigenvalue weighted by Crippen LogP contribution is -2.44. The molecule has 1 aromatic heterocycles. The molecule has 1 aromatic rings. The summed E-state index contributed by atoms with van der Waals surface area (Å²) in [6, 6.07) is 4.27. The Kier molecular flexibility index (Phi) is 4.57. The van der Waals surface area contributed by atoms with Crippen LogP contribution < -0.4 is 5.32 Å². The van der Waals surface area contributed by atoms with E-state index in [1.54, 1.807) is 11.3 Å². The minimum atomic E-state index is 0.0679. The molecular weight excluding hydrogens is 232 g/mol. The van der Waals surface area contributed by atoms with E-state index >= 15 is 0 Å². The molecule has 1 amide bonds. The van der Waals surface area contributed by atoms with Crippen molar-refractivity contribution in [3.8, 4) is 0 Å². The minimum Gasteiger partial charge on any atom is -0.341 e. The van der Waals surface area contributed by atoms with Crippen molar-refractivity contribution in [2.24, 2.45) is 0 Å². The smallest absolute Gasteiger partial charge is 0.239 e. The van der Waals surface area contributed by atoms with Crippen molar-refractivity contribution in [3.05, 3.63) is 22.4 Å². The van der Waals surface area contributed by atoms with Crippen molar-refractivity contribution in [3.63, 3.8) is 0 Å². The number of nitrogens with one attached hydrogen (secondary N) is 1. The van der Waals surface area contributed by atoms with E-state index in [1.165, 1.54) is 4.88 Å². The van der Waals surface area contributed by atoms with E-state index in [-0.39, 0.29) is 11.9 Å². The lowest BCUT2D eigenvalue weighted by molar-refractivity contribution is -0.132. The maximum atomic E-state index is 12.2. The third-order valence-electron chi connectivity index (χ3n) is 3.26. The van der Waals surface area contributed by atoms with Gasteiger partial charge in [-0.1, -0.05) is 6.07 Å². The van der Waals surface area contributed by atoms with Crippen LogP contribution in [0.25, 0.3) is 0 Å². The van der Waals surface area contributed by atoms with Crippen LogP contribution in [0.3, 0.4) is 0 Å². The van der Waals surface area contributed by atoms with Crippen LogP contribution in [-0.2, 0) is 11.2 Å². The largest absolute Gasteiger partial charge is 0.341 e. The van der Waals surface area contributed by atoms with Gasteiger partial charge in [-0.05, 0) is 44.2 Å². The fourth-order valence-corrected chi connectivity index (χ4v) is 2.94. The van der Waals surface area contributed by atoms with E-state index in [9.17, 15) is 4.79 Å². The summed E-state index contributed by atoms with van der Waals surface area (Å²) in [5.41, 5.74) is 0. The highest BCUT2D eigenvalue weighted by atomic mass is 32.1. The maximum Gasteiger partial charge on any atom is 0.239 e. The summed E-state index contributed by atoms with van der Waals surface area (Å²) in [6.07, 6.45) is 3.09. The van der Waals surface area contributed by atoms with Crippen molar-refractivity contribution in [2.45, 2.75) is 32.2 Å². The van der Waals surface area contributed by atoms with Crippen molar-refractivity contribution in [1.29, 1.82) is 0 Å². The second-order valence-corrected chi connectivity index (χ2v) is 5.43. The summed E-state index contributed by atoms with van der Waals surface area (Å²) in [5.74, 6) is 0.279. The number of thiophene rings is 1. The molecule has 2 heterocycles. The summed E-state index contributed by atoms with van der Waals surface area (Å²) in [5, 5.41) is 5.36. The molecule has 0 bridgehead atoms. The van der Waals surface area contributed by atoms with Gasteiger partial charge in [0.2, 0.25) is 5.91 Å². The maximum absolute atomic E-state index is 12.2. The summed E-state index contributed by atoms with van der Waals surface area (Å²) in [7, 11) is 0. The van der Waals surface area contributed by atoms with E-state index in [0.29, 0.717) is 0 Å². The van der Waals surface area contributed by atoms with Gasteiger partial charge in [0.1, 0.15) is 0 Å². The first-order valence-corrected chi connectivity index (χ1v) is 7.23. The molecule has 0 saturated carbocycles. The zero-order valence-electron chi connectivity index (χ0n) is 10.3. The molecule has 1 aliphatic heterocycles. The molecule has 2 rings (SSSR count). The number of rotatable bonds is 5. The van der Waals surface area contributed by atoms with Crippen LogP contribution in [0.1, 0.15) is 24.6 Å². The van der Waals surface area contributed by atoms with E-state index in [0.717, 1.165) is 38.9 Å². The molecule has 17 heavy (non-hydrogen) atoms. The topological polar surface area (TPSA) is 32.3 Å². The first-order chi connectivity index (χ1) is 8.31. The molecule has 0 spiro atoms. The standard InChI is InChI=1S/C13H20N2OS/c1-2-15(9-7-11-5-4-10-17-11)13(16)12-6-3-8-14-12/h4-5,10,12,14H,2-3,6-9H2,1H3. The Morgan fingerprint density at radius 1 is 1.65 bits per heavy atom. The van der Waals surface area contributed by atoms with E-state index in [1.807, 2.05) is 4.90 Å². The van der Waals surface area contributed by atoms with E-state index < -0.39 is 0 Å². The average molecular weight is 252 g/mol. The van der Waals surface area contributed by atoms with Gasteiger partial charge in [0.05, 0.1) is 6.04 Å². The molecule has 4 heteroatoms. The number of nitrogens with zero attached hydrogens (tertiary/aromatic N) is 1. The van der Waals surface area contributed by atoms with Gasteiger partial charge in [-0.2, -0.15) is 0 Å². The predicted octanol–water partition coefficient (Wildman–Crippen LogP) is 1.89. The fourth-order valence-electron chi connectivity index (χ4n) is 2.24. The molecule has 1 atom stereocenters. The quantitative estimate of drug-likeness (QED) is 0.868. The number of hydrogen-bond acceptors (Lipinski definition) is 3. The molecular formula is C13H20N2OS. The van der Waals surface area contributed by atoms with Crippen LogP contribution >= 0.6 is 11.3 Å². The summed E-state index contributed by atoms with van der Waals surface area (Å²) in [4.78, 5) is 15.5. The first-order valence-electron chi connectivity index (χ1n) is 6.36. The Morgan fingerprint density at radius 3 is 3.12 bits per heavy atom. The summed E-state index contributed by atoms with van der Waals surface area (Å²) >= 11 is 1.77. The van der Waals surface area contributed by atoms with Crippen molar-refractivity contribution in [1.82, 2.24) is 10.2 Å². The number of hydrogen-bond donors (Lipinski definition) is 1. The van der Waals surface area contributed by atoms with Gasteiger partial charge in [0.25, 0.3) is 0 Å². The van der Waals surface area contributed by atoms with Crippen LogP contribution in [0.4, 0.5) is 0 Å². The fraction of sp³-hybridized carbons (Fsp3) is 0.615. The Balaban J connectivity index is 1.85. The van der Waals surface area contributed by atoms with E-state index in [4.69, 9.17) is 0 Å². The van der Waals surface area contributed by atoms with Crippen LogP contribution in [0.15, 0.2) is 17.5 Å². The lowest BCUT2D eigenvalue weighted by Gasteiger charge is -2.24. The number of likely N-dealkylation sites (N-methyl/N-ethyl adjacent to an activating group) is 1. The highest BCUT2D eigenvalue weighted by molar-refractivity contribution is 7.09. The first kappa shape index (κ1) is 12.6. The highest BCUT2D eigenvalue weighted by Gasteiger charge is 2.25. The Hall–Kier alpha value is -0.870. The third kappa shape index (κ3) is 3.30. The molecule has 1 N–H and O–H groups in total. The summed E-state index contributed by atoms with van der Waals surface area (Å²) < 4.78 is 0. The van der Waals surface area contributed by atoms with Gasteiger partial charge < -0.3 is 10.2 Å². The van der Waals surface area contributed by atoms with Gasteiger partial charge >= 0.3 is 0 Å². The van der Waals surface area contributed by atoms with Gasteiger partial charge in [-0.3, -0.25) is 4.79 Å². The molecule has 94 valence electrons. The van der Waals surface area contributed by atoms with Crippen molar-refractivity contribution >= 4 is 17.2 Å². The SMILES string of the molecule is CCN(CCc1cccs1)C(=O)C1CCCN1. The van der Waals surface area contributed by atoms with Gasteiger partial charge in [-0.25, -0.2) is 0 Å². The Bertz CT molecular complexity index is 344. The number of carbonyl (C=O) groups is 1. The van der Waals surface area contributed by atoms with Gasteiger partial charge in [0, 0.05) is 18.0 Å². The number of carbonyl (C=O) groups excluding carboxylic acids is 1. The molecule has 1 saturated heterocycles. The molecule has 0 aliphatic carbocycles. The van der Waals surface area contributed by atoms with Crippen molar-refractivity contribution < 1.29 is 4.79 Å². The molecule has 0 aromatic carbocycles. The molecule has 1 unspecified atom stereocenters. The molecule has 1 aliphatic rings. The predicted molar refractivity (Wildman–Crippen MR) is 71.3 cm³/mol. The molecule has 1 fully saturated rings. The second-order valence-electron chi connectivity index (χ2n) is 4.40. The van der Waals surface area contributed by atoms with Crippen LogP contribution in [-0.4, -0.2) is 36.5 Å². The van der Waals surface area contributed by atoms with Crippen LogP contribution in [0, 0.1) is 0 Å². The van der Waals surface area contributed by atoms with Crippen LogP contribution in [0.5, 0.6) is 0 Å². The van der Waals surface area contributed by atoms with Crippen LogP contribution in [0.2, 0.25) is 0 Å². The summed E-state index contributed by atoms with van der Waals surface area (Å²) in [6.45, 7) is 4.69. The molecule has 3 nitrogen and oxygen atoms in total. The van der Waals surface area contributed by atoms with Crippen molar-refractivity contribution in [2.75, 3.05) is 19.6 Å². The zero-order valence-corrected chi connectivity index (χ0v) is 11.1. The average Bonchev–Trinajstić information content (AvgIpc) is 3.02. The normalized spacial score (nSPS) is 19.5. The molecule has 0 radical (unpaired) electrons.